The normalized spacial score (nSPS) is 27.3. The van der Waals surface area contributed by atoms with Crippen LogP contribution in [0, 0.1) is 41.3 Å². The highest BCUT2D eigenvalue weighted by Crippen LogP contribution is 2.42. The fourth-order valence-corrected chi connectivity index (χ4v) is 5.67. The van der Waals surface area contributed by atoms with Gasteiger partial charge in [0.2, 0.25) is 0 Å². The maximum atomic E-state index is 14.3. The van der Waals surface area contributed by atoms with Gasteiger partial charge in [-0.1, -0.05) is 70.3 Å². The second-order valence-corrected chi connectivity index (χ2v) is 9.71. The van der Waals surface area contributed by atoms with Crippen molar-refractivity contribution in [1.29, 1.82) is 0 Å². The Morgan fingerprint density at radius 1 is 0.862 bits per heavy atom. The van der Waals surface area contributed by atoms with E-state index in [0.717, 1.165) is 41.7 Å². The summed E-state index contributed by atoms with van der Waals surface area (Å²) in [5.41, 5.74) is 1.69. The van der Waals surface area contributed by atoms with Gasteiger partial charge in [0.15, 0.2) is 0 Å². The van der Waals surface area contributed by atoms with Gasteiger partial charge in [-0.05, 0) is 86.8 Å². The van der Waals surface area contributed by atoms with E-state index in [1.54, 1.807) is 6.07 Å². The van der Waals surface area contributed by atoms with Gasteiger partial charge in [-0.15, -0.1) is 0 Å². The molecule has 0 saturated heterocycles. The minimum absolute atomic E-state index is 0.0738. The van der Waals surface area contributed by atoms with E-state index in [9.17, 15) is 4.39 Å². The van der Waals surface area contributed by atoms with Crippen molar-refractivity contribution in [2.45, 2.75) is 104 Å². The number of unbranched alkanes of at least 4 members (excludes halogenated alkanes) is 2. The predicted molar refractivity (Wildman–Crippen MR) is 122 cm³/mol. The van der Waals surface area contributed by atoms with E-state index in [0.29, 0.717) is 5.92 Å². The standard InChI is InChI=1S/C28H41F/c1-3-5-6-8-27-20-15-24(21-28(27)29)10-9-23-13-18-26(19-14-23)25-16-11-22(7-4-2)12-17-25/h15,20-23,25-26H,3-8,11-14,16-19H2,1-2H3. The number of halogens is 1. The van der Waals surface area contributed by atoms with Crippen LogP contribution in [-0.4, -0.2) is 0 Å². The molecule has 29 heavy (non-hydrogen) atoms. The van der Waals surface area contributed by atoms with Gasteiger partial charge in [-0.25, -0.2) is 4.39 Å². The quantitative estimate of drug-likeness (QED) is 0.321. The molecular weight excluding hydrogens is 355 g/mol. The Morgan fingerprint density at radius 2 is 1.55 bits per heavy atom. The third-order valence-electron chi connectivity index (χ3n) is 7.55. The topological polar surface area (TPSA) is 0 Å². The summed E-state index contributed by atoms with van der Waals surface area (Å²) in [5.74, 6) is 10.1. The highest BCUT2D eigenvalue weighted by Gasteiger charge is 2.30. The molecule has 0 amide bonds. The molecule has 0 unspecified atom stereocenters. The molecule has 1 aromatic rings. The highest BCUT2D eigenvalue weighted by molar-refractivity contribution is 5.37. The molecule has 1 heteroatoms. The van der Waals surface area contributed by atoms with Crippen molar-refractivity contribution in [1.82, 2.24) is 0 Å². The van der Waals surface area contributed by atoms with Crippen LogP contribution in [-0.2, 0) is 6.42 Å². The van der Waals surface area contributed by atoms with Gasteiger partial charge >= 0.3 is 0 Å². The predicted octanol–water partition coefficient (Wildman–Crippen LogP) is 8.32. The summed E-state index contributed by atoms with van der Waals surface area (Å²) >= 11 is 0. The van der Waals surface area contributed by atoms with Crippen LogP contribution in [0.3, 0.4) is 0 Å². The molecule has 0 heterocycles. The Balaban J connectivity index is 1.44. The Bertz CT molecular complexity index is 663. The van der Waals surface area contributed by atoms with Crippen LogP contribution in [0.2, 0.25) is 0 Å². The molecule has 0 N–H and O–H groups in total. The summed E-state index contributed by atoms with van der Waals surface area (Å²) in [6.07, 6.45) is 18.1. The van der Waals surface area contributed by atoms with Crippen LogP contribution in [0.15, 0.2) is 18.2 Å². The lowest BCUT2D eigenvalue weighted by Crippen LogP contribution is -2.25. The molecule has 3 rings (SSSR count). The van der Waals surface area contributed by atoms with Crippen molar-refractivity contribution in [3.63, 3.8) is 0 Å². The van der Waals surface area contributed by atoms with Gasteiger partial charge in [-0.2, -0.15) is 0 Å². The molecular formula is C28H41F. The zero-order chi connectivity index (χ0) is 20.5. The van der Waals surface area contributed by atoms with E-state index in [1.807, 2.05) is 12.1 Å². The summed E-state index contributed by atoms with van der Waals surface area (Å²) in [4.78, 5) is 0. The number of hydrogen-bond acceptors (Lipinski definition) is 0. The summed E-state index contributed by atoms with van der Waals surface area (Å²) in [7, 11) is 0. The highest BCUT2D eigenvalue weighted by atomic mass is 19.1. The van der Waals surface area contributed by atoms with E-state index in [2.05, 4.69) is 25.7 Å². The third-order valence-corrected chi connectivity index (χ3v) is 7.55. The smallest absolute Gasteiger partial charge is 0.127 e. The van der Waals surface area contributed by atoms with E-state index in [-0.39, 0.29) is 5.82 Å². The van der Waals surface area contributed by atoms with Crippen LogP contribution in [0.5, 0.6) is 0 Å². The first kappa shape index (κ1) is 22.4. The number of benzene rings is 1. The SMILES string of the molecule is CCCCCc1ccc(C#CC2CCC(C3CCC(CCC)CC3)CC2)cc1F. The molecule has 2 aliphatic carbocycles. The van der Waals surface area contributed by atoms with Gasteiger partial charge in [0, 0.05) is 11.5 Å². The second kappa shape index (κ2) is 11.8. The summed E-state index contributed by atoms with van der Waals surface area (Å²) < 4.78 is 14.3. The number of hydrogen-bond donors (Lipinski definition) is 0. The lowest BCUT2D eigenvalue weighted by atomic mass is 9.69. The fourth-order valence-electron chi connectivity index (χ4n) is 5.67. The molecule has 0 atom stereocenters. The Kier molecular flexibility index (Phi) is 9.10. The summed E-state index contributed by atoms with van der Waals surface area (Å²) in [5, 5.41) is 0. The van der Waals surface area contributed by atoms with E-state index in [4.69, 9.17) is 0 Å². The van der Waals surface area contributed by atoms with Crippen LogP contribution < -0.4 is 0 Å². The molecule has 0 radical (unpaired) electrons. The Labute approximate surface area is 179 Å². The van der Waals surface area contributed by atoms with Gasteiger partial charge < -0.3 is 0 Å². The Morgan fingerprint density at radius 3 is 2.17 bits per heavy atom. The first-order chi connectivity index (χ1) is 14.2. The van der Waals surface area contributed by atoms with Gasteiger partial charge in [0.1, 0.15) is 5.82 Å². The van der Waals surface area contributed by atoms with Crippen molar-refractivity contribution in [3.8, 4) is 11.8 Å². The van der Waals surface area contributed by atoms with E-state index >= 15 is 0 Å². The van der Waals surface area contributed by atoms with Crippen molar-refractivity contribution < 1.29 is 4.39 Å². The lowest BCUT2D eigenvalue weighted by molar-refractivity contribution is 0.154. The summed E-state index contributed by atoms with van der Waals surface area (Å²) in [6, 6.07) is 5.60. The molecule has 2 fully saturated rings. The lowest BCUT2D eigenvalue weighted by Gasteiger charge is -2.37. The number of aryl methyl sites for hydroxylation is 1. The molecule has 0 spiro atoms. The van der Waals surface area contributed by atoms with Crippen molar-refractivity contribution >= 4 is 0 Å². The maximum Gasteiger partial charge on any atom is 0.127 e. The summed E-state index contributed by atoms with van der Waals surface area (Å²) in [6.45, 7) is 4.51. The minimum atomic E-state index is -0.0738. The number of rotatable bonds is 7. The molecule has 1 aromatic carbocycles. The second-order valence-electron chi connectivity index (χ2n) is 9.71. The van der Waals surface area contributed by atoms with Crippen LogP contribution in [0.4, 0.5) is 4.39 Å². The van der Waals surface area contributed by atoms with E-state index < -0.39 is 0 Å². The van der Waals surface area contributed by atoms with Crippen molar-refractivity contribution in [3.05, 3.63) is 35.1 Å². The van der Waals surface area contributed by atoms with Gasteiger partial charge in [0.05, 0.1) is 0 Å². The molecule has 2 aliphatic rings. The van der Waals surface area contributed by atoms with Crippen LogP contribution in [0.1, 0.15) is 108 Å². The average Bonchev–Trinajstić information content (AvgIpc) is 2.75. The van der Waals surface area contributed by atoms with Gasteiger partial charge in [0.25, 0.3) is 0 Å². The monoisotopic (exact) mass is 396 g/mol. The third kappa shape index (κ3) is 6.87. The average molecular weight is 397 g/mol. The maximum absolute atomic E-state index is 14.3. The first-order valence-electron chi connectivity index (χ1n) is 12.5. The largest absolute Gasteiger partial charge is 0.207 e. The van der Waals surface area contributed by atoms with Crippen LogP contribution in [0.25, 0.3) is 0 Å². The molecule has 0 bridgehead atoms. The van der Waals surface area contributed by atoms with E-state index in [1.165, 1.54) is 77.0 Å². The molecule has 0 nitrogen and oxygen atoms in total. The zero-order valence-corrected chi connectivity index (χ0v) is 18.8. The Hall–Kier alpha value is -1.29. The molecule has 160 valence electrons. The first-order valence-corrected chi connectivity index (χ1v) is 12.5. The molecule has 2 saturated carbocycles. The zero-order valence-electron chi connectivity index (χ0n) is 18.8. The van der Waals surface area contributed by atoms with Crippen molar-refractivity contribution in [2.24, 2.45) is 23.7 Å². The minimum Gasteiger partial charge on any atom is -0.207 e. The van der Waals surface area contributed by atoms with Gasteiger partial charge in [-0.3, -0.25) is 0 Å². The fraction of sp³-hybridized carbons (Fsp3) is 0.714. The van der Waals surface area contributed by atoms with Crippen LogP contribution >= 0.6 is 0 Å². The molecule has 0 aromatic heterocycles. The molecule has 0 aliphatic heterocycles. The van der Waals surface area contributed by atoms with Crippen molar-refractivity contribution in [2.75, 3.05) is 0 Å².